The molecule has 0 fully saturated rings. The van der Waals surface area contributed by atoms with Crippen LogP contribution in [0.15, 0.2) is 197 Å². The van der Waals surface area contributed by atoms with Crippen LogP contribution in [-0.4, -0.2) is 9.13 Å². The standard InChI is InChI=1S/C63H34N4O2S/c1-35-25-32-52-47(33-35)46-31-28-41-38-19-9-12-22-49(38)66(59(41)63(46)70-52)56-48(34-64)53(36-15-5-3-6-16-36)55(65-2)60(54(56)37-17-7-4-8-18-37)67-57-42(26-29-44-39-20-10-13-23-50(39)68-61(44)57)43-27-30-45-40-21-11-14-24-51(40)69-62(45)58(43)67/h3-33H,1H3. The lowest BCUT2D eigenvalue weighted by molar-refractivity contribution is 0.669. The molecule has 5 aromatic heterocycles. The Hall–Kier alpha value is -9.40. The molecule has 0 aliphatic rings. The Morgan fingerprint density at radius 3 is 1.63 bits per heavy atom. The molecule has 10 aromatic carbocycles. The van der Waals surface area contributed by atoms with Crippen LogP contribution in [0.4, 0.5) is 5.69 Å². The number of thiophene rings is 1. The van der Waals surface area contributed by atoms with Crippen LogP contribution >= 0.6 is 11.3 Å². The summed E-state index contributed by atoms with van der Waals surface area (Å²) >= 11 is 1.78. The quantitative estimate of drug-likeness (QED) is 0.165. The van der Waals surface area contributed by atoms with Gasteiger partial charge in [0.15, 0.2) is 11.2 Å². The molecule has 15 aromatic rings. The zero-order valence-electron chi connectivity index (χ0n) is 37.4. The van der Waals surface area contributed by atoms with E-state index in [1.54, 1.807) is 11.3 Å². The summed E-state index contributed by atoms with van der Waals surface area (Å²) in [5.41, 5.74) is 12.6. The maximum Gasteiger partial charge on any atom is 0.220 e. The van der Waals surface area contributed by atoms with E-state index in [-0.39, 0.29) is 0 Å². The molecule has 15 rings (SSSR count). The van der Waals surface area contributed by atoms with Gasteiger partial charge in [-0.05, 0) is 60.5 Å². The zero-order chi connectivity index (χ0) is 46.4. The molecule has 5 heterocycles. The van der Waals surface area contributed by atoms with Gasteiger partial charge in [-0.15, -0.1) is 11.3 Å². The fraction of sp³-hybridized carbons (Fsp3) is 0.0159. The van der Waals surface area contributed by atoms with Crippen molar-refractivity contribution in [3.05, 3.63) is 211 Å². The minimum Gasteiger partial charge on any atom is -0.454 e. The van der Waals surface area contributed by atoms with Gasteiger partial charge in [0.1, 0.15) is 17.2 Å². The molecule has 0 bridgehead atoms. The number of rotatable bonds is 4. The largest absolute Gasteiger partial charge is 0.454 e. The Morgan fingerprint density at radius 2 is 1.01 bits per heavy atom. The van der Waals surface area contributed by atoms with Crippen molar-refractivity contribution >= 4 is 125 Å². The van der Waals surface area contributed by atoms with E-state index in [0.717, 1.165) is 103 Å². The molecule has 0 amide bonds. The Kier molecular flexibility index (Phi) is 7.91. The van der Waals surface area contributed by atoms with Gasteiger partial charge >= 0.3 is 0 Å². The van der Waals surface area contributed by atoms with Gasteiger partial charge in [-0.25, -0.2) is 4.85 Å². The number of fused-ring (bicyclic) bond motifs is 18. The summed E-state index contributed by atoms with van der Waals surface area (Å²) < 4.78 is 21.0. The van der Waals surface area contributed by atoms with Gasteiger partial charge in [-0.1, -0.05) is 151 Å². The number of aromatic nitrogens is 2. The maximum atomic E-state index is 12.1. The Morgan fingerprint density at radius 1 is 0.486 bits per heavy atom. The highest BCUT2D eigenvalue weighted by Gasteiger charge is 2.34. The molecule has 70 heavy (non-hydrogen) atoms. The molecule has 0 N–H and O–H groups in total. The van der Waals surface area contributed by atoms with Crippen molar-refractivity contribution in [3.63, 3.8) is 0 Å². The number of nitriles is 1. The van der Waals surface area contributed by atoms with Gasteiger partial charge in [0.05, 0.1) is 50.3 Å². The summed E-state index contributed by atoms with van der Waals surface area (Å²) in [5, 5.41) is 22.4. The molecule has 6 nitrogen and oxygen atoms in total. The molecule has 0 saturated carbocycles. The normalized spacial score (nSPS) is 12.0. The van der Waals surface area contributed by atoms with Crippen molar-refractivity contribution in [1.82, 2.24) is 9.13 Å². The van der Waals surface area contributed by atoms with E-state index >= 15 is 0 Å². The topological polar surface area (TPSA) is 64.3 Å². The average Bonchev–Trinajstić information content (AvgIpc) is 4.23. The molecule has 0 aliphatic heterocycles. The van der Waals surface area contributed by atoms with Crippen LogP contribution in [-0.2, 0) is 0 Å². The van der Waals surface area contributed by atoms with Crippen molar-refractivity contribution in [3.8, 4) is 39.7 Å². The minimum absolute atomic E-state index is 0.341. The monoisotopic (exact) mass is 910 g/mol. The number of furan rings is 2. The number of para-hydroxylation sites is 3. The van der Waals surface area contributed by atoms with Crippen molar-refractivity contribution in [2.24, 2.45) is 0 Å². The summed E-state index contributed by atoms with van der Waals surface area (Å²) in [5.74, 6) is 0. The molecule has 0 saturated heterocycles. The van der Waals surface area contributed by atoms with Crippen molar-refractivity contribution in [1.29, 1.82) is 5.26 Å². The predicted octanol–water partition coefficient (Wildman–Crippen LogP) is 18.1. The lowest BCUT2D eigenvalue weighted by Crippen LogP contribution is -2.09. The van der Waals surface area contributed by atoms with Gasteiger partial charge in [0.25, 0.3) is 0 Å². The van der Waals surface area contributed by atoms with E-state index in [1.807, 2.05) is 84.9 Å². The van der Waals surface area contributed by atoms with Gasteiger partial charge in [-0.2, -0.15) is 5.26 Å². The van der Waals surface area contributed by atoms with Crippen LogP contribution in [0.2, 0.25) is 0 Å². The van der Waals surface area contributed by atoms with Crippen LogP contribution in [0, 0.1) is 24.8 Å². The van der Waals surface area contributed by atoms with Gasteiger partial charge in [-0.3, -0.25) is 0 Å². The third kappa shape index (κ3) is 5.08. The highest BCUT2D eigenvalue weighted by atomic mass is 32.1. The first kappa shape index (κ1) is 38.7. The molecule has 0 spiro atoms. The van der Waals surface area contributed by atoms with Crippen molar-refractivity contribution < 1.29 is 8.83 Å². The minimum atomic E-state index is 0.341. The average molecular weight is 911 g/mol. The van der Waals surface area contributed by atoms with Crippen molar-refractivity contribution in [2.75, 3.05) is 0 Å². The molecular formula is C63H34N4O2S. The summed E-state index contributed by atoms with van der Waals surface area (Å²) in [4.78, 5) is 4.60. The lowest BCUT2D eigenvalue weighted by Gasteiger charge is -2.25. The zero-order valence-corrected chi connectivity index (χ0v) is 38.2. The molecule has 324 valence electrons. The fourth-order valence-electron chi connectivity index (χ4n) is 11.5. The number of aryl methyl sites for hydroxylation is 1. The molecule has 0 radical (unpaired) electrons. The summed E-state index contributed by atoms with van der Waals surface area (Å²) in [7, 11) is 0. The molecule has 0 aliphatic carbocycles. The number of hydrogen-bond donors (Lipinski definition) is 0. The fourth-order valence-corrected chi connectivity index (χ4v) is 12.7. The highest BCUT2D eigenvalue weighted by molar-refractivity contribution is 7.26. The third-order valence-corrected chi connectivity index (χ3v) is 15.6. The summed E-state index contributed by atoms with van der Waals surface area (Å²) in [6.07, 6.45) is 0. The van der Waals surface area contributed by atoms with E-state index in [1.165, 1.54) is 15.6 Å². The van der Waals surface area contributed by atoms with Gasteiger partial charge in [0.2, 0.25) is 5.69 Å². The Balaban J connectivity index is 1.26. The first-order valence-electron chi connectivity index (χ1n) is 23.3. The SMILES string of the molecule is [C-]#[N+]c1c(-c2ccccc2)c(C#N)c(-n2c3ccccc3c3ccc4c5cc(C)ccc5sc4c32)c(-c2ccccc2)c1-n1c2c(ccc3c4ccccc4oc32)c2ccc3c4ccccc4oc3c21. The lowest BCUT2D eigenvalue weighted by atomic mass is 9.88. The van der Waals surface area contributed by atoms with Crippen LogP contribution < -0.4 is 0 Å². The third-order valence-electron chi connectivity index (χ3n) is 14.4. The van der Waals surface area contributed by atoms with Gasteiger partial charge in [0, 0.05) is 69.7 Å². The van der Waals surface area contributed by atoms with Gasteiger partial charge < -0.3 is 18.0 Å². The van der Waals surface area contributed by atoms with E-state index in [0.29, 0.717) is 39.4 Å². The van der Waals surface area contributed by atoms with Crippen LogP contribution in [0.1, 0.15) is 11.1 Å². The van der Waals surface area contributed by atoms with Crippen LogP contribution in [0.3, 0.4) is 0 Å². The number of nitrogens with zero attached hydrogens (tertiary/aromatic N) is 4. The molecule has 7 heteroatoms. The number of hydrogen-bond acceptors (Lipinski definition) is 4. The second kappa shape index (κ2) is 14.3. The smallest absolute Gasteiger partial charge is 0.220 e. The van der Waals surface area contributed by atoms with Crippen molar-refractivity contribution in [2.45, 2.75) is 6.92 Å². The predicted molar refractivity (Wildman–Crippen MR) is 289 cm³/mol. The molecule has 0 unspecified atom stereocenters. The first-order valence-corrected chi connectivity index (χ1v) is 24.1. The Bertz CT molecular complexity index is 4730. The van der Waals surface area contributed by atoms with E-state index in [9.17, 15) is 11.8 Å². The molecular weight excluding hydrogens is 877 g/mol. The van der Waals surface area contributed by atoms with E-state index in [2.05, 4.69) is 130 Å². The highest BCUT2D eigenvalue weighted by Crippen LogP contribution is 2.55. The maximum absolute atomic E-state index is 12.1. The van der Waals surface area contributed by atoms with E-state index < -0.39 is 0 Å². The van der Waals surface area contributed by atoms with Crippen LogP contribution in [0.5, 0.6) is 0 Å². The number of benzene rings is 10. The van der Waals surface area contributed by atoms with E-state index in [4.69, 9.17) is 8.83 Å². The second-order valence-electron chi connectivity index (χ2n) is 18.1. The first-order chi connectivity index (χ1) is 34.6. The van der Waals surface area contributed by atoms with Crippen LogP contribution in [0.25, 0.3) is 146 Å². The summed E-state index contributed by atoms with van der Waals surface area (Å²) in [6.45, 7) is 11.6. The second-order valence-corrected chi connectivity index (χ2v) is 19.2. The summed E-state index contributed by atoms with van der Waals surface area (Å²) in [6, 6.07) is 67.7. The molecule has 0 atom stereocenters. The Labute approximate surface area is 403 Å².